The number of carbonyl (C=O) groups excluding carboxylic acids is 1. The molecule has 1 N–H and O–H groups in total. The van der Waals surface area contributed by atoms with E-state index in [4.69, 9.17) is 4.74 Å². The summed E-state index contributed by atoms with van der Waals surface area (Å²) in [5.74, 6) is 0.821. The first kappa shape index (κ1) is 23.0. The number of hydrogen-bond acceptors (Lipinski definition) is 4. The lowest BCUT2D eigenvalue weighted by Crippen LogP contribution is -2.50. The molecular weight excluding hydrogens is 398 g/mol. The van der Waals surface area contributed by atoms with E-state index in [1.165, 1.54) is 11.1 Å². The Labute approximate surface area is 192 Å². The van der Waals surface area contributed by atoms with Gasteiger partial charge in [0.05, 0.1) is 19.1 Å². The van der Waals surface area contributed by atoms with E-state index in [2.05, 4.69) is 69.7 Å². The average molecular weight is 436 g/mol. The van der Waals surface area contributed by atoms with Gasteiger partial charge in [-0.2, -0.15) is 0 Å². The van der Waals surface area contributed by atoms with Crippen LogP contribution in [0.1, 0.15) is 17.5 Å². The third-order valence-electron chi connectivity index (χ3n) is 6.72. The fourth-order valence-corrected chi connectivity index (χ4v) is 5.01. The number of amides is 1. The third-order valence-corrected chi connectivity index (χ3v) is 6.72. The molecule has 0 bridgehead atoms. The number of morpholine rings is 1. The summed E-state index contributed by atoms with van der Waals surface area (Å²) in [5.41, 5.74) is 2.64. The van der Waals surface area contributed by atoms with E-state index in [0.717, 1.165) is 71.7 Å². The number of benzene rings is 2. The van der Waals surface area contributed by atoms with Crippen molar-refractivity contribution in [2.45, 2.75) is 19.3 Å². The maximum absolute atomic E-state index is 13.1. The van der Waals surface area contributed by atoms with Crippen LogP contribution >= 0.6 is 0 Å². The smallest absolute Gasteiger partial charge is 0.224 e. The zero-order valence-corrected chi connectivity index (χ0v) is 19.1. The third kappa shape index (κ3) is 7.16. The van der Waals surface area contributed by atoms with Crippen LogP contribution in [0.4, 0.5) is 0 Å². The molecule has 2 atom stereocenters. The van der Waals surface area contributed by atoms with Gasteiger partial charge in [0.25, 0.3) is 0 Å². The maximum Gasteiger partial charge on any atom is 0.224 e. The second-order valence-electron chi connectivity index (χ2n) is 9.23. The molecule has 5 heteroatoms. The van der Waals surface area contributed by atoms with Crippen molar-refractivity contribution < 1.29 is 9.53 Å². The van der Waals surface area contributed by atoms with E-state index < -0.39 is 0 Å². The predicted octanol–water partition coefficient (Wildman–Crippen LogP) is 2.86. The number of nitrogens with one attached hydrogen (secondary N) is 1. The normalized spacial score (nSPS) is 22.5. The fraction of sp³-hybridized carbons (Fsp3) is 0.519. The largest absolute Gasteiger partial charge is 0.379 e. The molecule has 5 nitrogen and oxygen atoms in total. The van der Waals surface area contributed by atoms with Crippen molar-refractivity contribution in [3.05, 3.63) is 71.8 Å². The molecule has 0 unspecified atom stereocenters. The SMILES string of the molecule is O=C(NCCc1ccccc1)[C@@H]1C[C@H](CN2CCOCC2)CN(CCc2ccccc2)C1. The molecule has 2 aliphatic rings. The molecule has 32 heavy (non-hydrogen) atoms. The van der Waals surface area contributed by atoms with Gasteiger partial charge in [0.2, 0.25) is 5.91 Å². The highest BCUT2D eigenvalue weighted by atomic mass is 16.5. The Morgan fingerprint density at radius 2 is 1.53 bits per heavy atom. The van der Waals surface area contributed by atoms with Crippen molar-refractivity contribution >= 4 is 5.91 Å². The van der Waals surface area contributed by atoms with Gasteiger partial charge in [-0.3, -0.25) is 9.69 Å². The first-order chi connectivity index (χ1) is 15.8. The number of piperidine rings is 1. The van der Waals surface area contributed by atoms with Gasteiger partial charge in [-0.15, -0.1) is 0 Å². The number of rotatable bonds is 9. The molecule has 172 valence electrons. The van der Waals surface area contributed by atoms with Gasteiger partial charge in [0.1, 0.15) is 0 Å². The number of carbonyl (C=O) groups is 1. The zero-order valence-electron chi connectivity index (χ0n) is 19.1. The lowest BCUT2D eigenvalue weighted by atomic mass is 9.87. The molecule has 0 saturated carbocycles. The standard InChI is InChI=1S/C27H37N3O2/c31-27(28-13-11-23-7-3-1-4-8-23)26-19-25(20-29-15-17-32-18-16-29)21-30(22-26)14-12-24-9-5-2-6-10-24/h1-10,25-26H,11-22H2,(H,28,31)/t25-,26-/m1/s1. The van der Waals surface area contributed by atoms with Gasteiger partial charge < -0.3 is 15.0 Å². The Morgan fingerprint density at radius 1 is 0.875 bits per heavy atom. The van der Waals surface area contributed by atoms with Crippen molar-refractivity contribution in [3.63, 3.8) is 0 Å². The lowest BCUT2D eigenvalue weighted by Gasteiger charge is -2.40. The number of likely N-dealkylation sites (tertiary alicyclic amines) is 1. The van der Waals surface area contributed by atoms with Crippen LogP contribution in [0.25, 0.3) is 0 Å². The topological polar surface area (TPSA) is 44.8 Å². The highest BCUT2D eigenvalue weighted by Gasteiger charge is 2.32. The van der Waals surface area contributed by atoms with E-state index in [1.807, 2.05) is 6.07 Å². The fourth-order valence-electron chi connectivity index (χ4n) is 5.01. The highest BCUT2D eigenvalue weighted by molar-refractivity contribution is 5.79. The van der Waals surface area contributed by atoms with Crippen LogP contribution < -0.4 is 5.32 Å². The molecule has 0 aromatic heterocycles. The second-order valence-corrected chi connectivity index (χ2v) is 9.23. The van der Waals surface area contributed by atoms with Crippen LogP contribution in [0, 0.1) is 11.8 Å². The van der Waals surface area contributed by atoms with Crippen molar-refractivity contribution in [2.24, 2.45) is 11.8 Å². The van der Waals surface area contributed by atoms with Gasteiger partial charge in [-0.1, -0.05) is 60.7 Å². The minimum atomic E-state index is 0.0707. The molecule has 2 fully saturated rings. The van der Waals surface area contributed by atoms with Gasteiger partial charge in [0, 0.05) is 45.8 Å². The molecule has 2 heterocycles. The van der Waals surface area contributed by atoms with Crippen molar-refractivity contribution in [2.75, 3.05) is 59.0 Å². The molecule has 2 aromatic rings. The van der Waals surface area contributed by atoms with E-state index >= 15 is 0 Å². The van der Waals surface area contributed by atoms with Crippen molar-refractivity contribution in [1.29, 1.82) is 0 Å². The molecule has 4 rings (SSSR count). The van der Waals surface area contributed by atoms with Gasteiger partial charge in [-0.25, -0.2) is 0 Å². The van der Waals surface area contributed by atoms with Gasteiger partial charge >= 0.3 is 0 Å². The average Bonchev–Trinajstić information content (AvgIpc) is 2.84. The Bertz CT molecular complexity index is 808. The van der Waals surface area contributed by atoms with Crippen LogP contribution in [0.2, 0.25) is 0 Å². The molecule has 0 radical (unpaired) electrons. The van der Waals surface area contributed by atoms with Crippen LogP contribution in [-0.2, 0) is 22.4 Å². The summed E-state index contributed by atoms with van der Waals surface area (Å²) in [7, 11) is 0. The van der Waals surface area contributed by atoms with Gasteiger partial charge in [-0.05, 0) is 36.3 Å². The van der Waals surface area contributed by atoms with E-state index in [1.54, 1.807) is 0 Å². The monoisotopic (exact) mass is 435 g/mol. The molecule has 2 aliphatic heterocycles. The second kappa shape index (κ2) is 12.1. The van der Waals surface area contributed by atoms with Crippen molar-refractivity contribution in [3.8, 4) is 0 Å². The number of nitrogens with zero attached hydrogens (tertiary/aromatic N) is 2. The van der Waals surface area contributed by atoms with Gasteiger partial charge in [0.15, 0.2) is 0 Å². The van der Waals surface area contributed by atoms with Crippen LogP contribution in [0.15, 0.2) is 60.7 Å². The summed E-state index contributed by atoms with van der Waals surface area (Å²) in [6.07, 6.45) is 2.90. The van der Waals surface area contributed by atoms with E-state index in [9.17, 15) is 4.79 Å². The molecule has 2 saturated heterocycles. The maximum atomic E-state index is 13.1. The number of ether oxygens (including phenoxy) is 1. The summed E-state index contributed by atoms with van der Waals surface area (Å²) in [6, 6.07) is 21.1. The van der Waals surface area contributed by atoms with Crippen LogP contribution in [0.5, 0.6) is 0 Å². The van der Waals surface area contributed by atoms with Crippen LogP contribution in [-0.4, -0.2) is 74.7 Å². The first-order valence-electron chi connectivity index (χ1n) is 12.1. The lowest BCUT2D eigenvalue weighted by molar-refractivity contribution is -0.127. The molecule has 0 aliphatic carbocycles. The summed E-state index contributed by atoms with van der Waals surface area (Å²) in [4.78, 5) is 18.1. The highest BCUT2D eigenvalue weighted by Crippen LogP contribution is 2.24. The first-order valence-corrected chi connectivity index (χ1v) is 12.1. The molecule has 0 spiro atoms. The summed E-state index contributed by atoms with van der Waals surface area (Å²) < 4.78 is 5.52. The summed E-state index contributed by atoms with van der Waals surface area (Å²) in [5, 5.41) is 3.22. The van der Waals surface area contributed by atoms with Crippen LogP contribution in [0.3, 0.4) is 0 Å². The molecular formula is C27H37N3O2. The Morgan fingerprint density at radius 3 is 2.22 bits per heavy atom. The Balaban J connectivity index is 1.32. The molecule has 2 aromatic carbocycles. The van der Waals surface area contributed by atoms with E-state index in [0.29, 0.717) is 12.5 Å². The minimum absolute atomic E-state index is 0.0707. The number of hydrogen-bond donors (Lipinski definition) is 1. The quantitative estimate of drug-likeness (QED) is 0.658. The summed E-state index contributed by atoms with van der Waals surface area (Å²) in [6.45, 7) is 8.40. The molecule has 1 amide bonds. The minimum Gasteiger partial charge on any atom is -0.379 e. The van der Waals surface area contributed by atoms with E-state index in [-0.39, 0.29) is 11.8 Å². The van der Waals surface area contributed by atoms with Crippen molar-refractivity contribution in [1.82, 2.24) is 15.1 Å². The zero-order chi connectivity index (χ0) is 22.0. The predicted molar refractivity (Wildman–Crippen MR) is 129 cm³/mol. The summed E-state index contributed by atoms with van der Waals surface area (Å²) >= 11 is 0. The Kier molecular flexibility index (Phi) is 8.71. The Hall–Kier alpha value is -2.21.